The average Bonchev–Trinajstić information content (AvgIpc) is 3.11. The molecule has 26 heavy (non-hydrogen) atoms. The van der Waals surface area contributed by atoms with Gasteiger partial charge in [0.25, 0.3) is 5.91 Å². The van der Waals surface area contributed by atoms with E-state index in [2.05, 4.69) is 18.9 Å². The van der Waals surface area contributed by atoms with Crippen molar-refractivity contribution in [2.75, 3.05) is 26.2 Å². The van der Waals surface area contributed by atoms with E-state index < -0.39 is 0 Å². The van der Waals surface area contributed by atoms with Crippen LogP contribution in [-0.4, -0.2) is 46.8 Å². The number of benzene rings is 1. The summed E-state index contributed by atoms with van der Waals surface area (Å²) < 4.78 is 7.62. The van der Waals surface area contributed by atoms with Crippen LogP contribution >= 0.6 is 0 Å². The largest absolute Gasteiger partial charge is 0.489 e. The third-order valence-corrected chi connectivity index (χ3v) is 4.71. The first kappa shape index (κ1) is 18.5. The molecule has 0 radical (unpaired) electrons. The van der Waals surface area contributed by atoms with Crippen LogP contribution in [0.15, 0.2) is 36.5 Å². The van der Waals surface area contributed by atoms with Crippen LogP contribution in [-0.2, 0) is 0 Å². The number of carbonyl (C=O) groups is 1. The fourth-order valence-electron chi connectivity index (χ4n) is 3.10. The molecule has 1 aliphatic heterocycles. The number of rotatable bonds is 6. The molecule has 0 atom stereocenters. The lowest BCUT2D eigenvalue weighted by Crippen LogP contribution is -2.40. The number of aromatic nitrogens is 2. The highest BCUT2D eigenvalue weighted by molar-refractivity contribution is 5.95. The van der Waals surface area contributed by atoms with Gasteiger partial charge in [0.2, 0.25) is 0 Å². The van der Waals surface area contributed by atoms with Gasteiger partial charge in [-0.05, 0) is 43.4 Å². The number of carbonyl (C=O) groups excluding carboxylic acids is 1. The van der Waals surface area contributed by atoms with E-state index in [9.17, 15) is 4.79 Å². The molecule has 1 saturated heterocycles. The Balaban J connectivity index is 1.84. The Bertz CT molecular complexity index is 719. The highest BCUT2D eigenvalue weighted by Crippen LogP contribution is 2.24. The Hall–Kier alpha value is -2.34. The third-order valence-electron chi connectivity index (χ3n) is 4.71. The number of likely N-dealkylation sites (tertiary alicyclic amines) is 1. The predicted molar refractivity (Wildman–Crippen MR) is 102 cm³/mol. The van der Waals surface area contributed by atoms with Gasteiger partial charge in [-0.15, -0.1) is 0 Å². The summed E-state index contributed by atoms with van der Waals surface area (Å²) in [7, 11) is 0. The van der Waals surface area contributed by atoms with E-state index in [1.165, 1.54) is 0 Å². The van der Waals surface area contributed by atoms with Gasteiger partial charge in [-0.2, -0.15) is 5.10 Å². The van der Waals surface area contributed by atoms with Crippen molar-refractivity contribution in [1.29, 1.82) is 0 Å². The molecule has 0 spiro atoms. The van der Waals surface area contributed by atoms with E-state index >= 15 is 0 Å². The number of amides is 1. The van der Waals surface area contributed by atoms with E-state index in [1.54, 1.807) is 10.9 Å². The van der Waals surface area contributed by atoms with E-state index in [0.29, 0.717) is 36.4 Å². The number of hydrogen-bond donors (Lipinski definition) is 1. The minimum absolute atomic E-state index is 0.0612. The first-order valence-corrected chi connectivity index (χ1v) is 9.35. The van der Waals surface area contributed by atoms with Crippen LogP contribution in [0, 0.1) is 11.8 Å². The van der Waals surface area contributed by atoms with Crippen molar-refractivity contribution in [2.45, 2.75) is 26.7 Å². The number of hydrogen-bond acceptors (Lipinski definition) is 4. The highest BCUT2D eigenvalue weighted by atomic mass is 16.5. The van der Waals surface area contributed by atoms with Gasteiger partial charge >= 0.3 is 0 Å². The zero-order valence-electron chi connectivity index (χ0n) is 15.6. The van der Waals surface area contributed by atoms with Gasteiger partial charge in [-0.3, -0.25) is 4.79 Å². The smallest absolute Gasteiger partial charge is 0.278 e. The van der Waals surface area contributed by atoms with Gasteiger partial charge in [0.15, 0.2) is 11.4 Å². The van der Waals surface area contributed by atoms with Gasteiger partial charge in [-0.25, -0.2) is 4.68 Å². The number of ether oxygens (including phenoxy) is 1. The van der Waals surface area contributed by atoms with Crippen molar-refractivity contribution in [3.05, 3.63) is 42.2 Å². The summed E-state index contributed by atoms with van der Waals surface area (Å²) in [6.45, 7) is 6.86. The van der Waals surface area contributed by atoms with E-state index in [1.807, 2.05) is 35.2 Å². The molecule has 3 rings (SSSR count). The van der Waals surface area contributed by atoms with Crippen LogP contribution in [0.25, 0.3) is 5.69 Å². The van der Waals surface area contributed by atoms with Crippen molar-refractivity contribution in [1.82, 2.24) is 14.7 Å². The molecule has 0 unspecified atom stereocenters. The van der Waals surface area contributed by atoms with E-state index in [4.69, 9.17) is 10.5 Å². The minimum atomic E-state index is -0.0612. The molecule has 0 aliphatic carbocycles. The summed E-state index contributed by atoms with van der Waals surface area (Å²) in [5, 5.41) is 4.55. The van der Waals surface area contributed by atoms with Gasteiger partial charge in [0.05, 0.1) is 18.5 Å². The summed E-state index contributed by atoms with van der Waals surface area (Å²) in [5.74, 6) is 1.37. The van der Waals surface area contributed by atoms with E-state index in [0.717, 1.165) is 31.6 Å². The Labute approximate surface area is 154 Å². The zero-order chi connectivity index (χ0) is 18.5. The normalized spacial score (nSPS) is 15.5. The van der Waals surface area contributed by atoms with Gasteiger partial charge < -0.3 is 15.4 Å². The van der Waals surface area contributed by atoms with Gasteiger partial charge in [0, 0.05) is 13.1 Å². The summed E-state index contributed by atoms with van der Waals surface area (Å²) >= 11 is 0. The summed E-state index contributed by atoms with van der Waals surface area (Å²) in [5.41, 5.74) is 7.05. The summed E-state index contributed by atoms with van der Waals surface area (Å²) in [4.78, 5) is 14.9. The summed E-state index contributed by atoms with van der Waals surface area (Å²) in [6, 6.07) is 9.77. The molecular formula is C20H28N4O2. The zero-order valence-corrected chi connectivity index (χ0v) is 15.6. The molecule has 0 saturated carbocycles. The van der Waals surface area contributed by atoms with Crippen molar-refractivity contribution >= 4 is 5.91 Å². The number of nitrogens with two attached hydrogens (primary N) is 1. The number of para-hydroxylation sites is 1. The molecule has 0 bridgehead atoms. The first-order chi connectivity index (χ1) is 12.6. The lowest BCUT2D eigenvalue weighted by atomic mass is 9.97. The third kappa shape index (κ3) is 4.25. The Kier molecular flexibility index (Phi) is 5.93. The molecule has 6 heteroatoms. The minimum Gasteiger partial charge on any atom is -0.489 e. The van der Waals surface area contributed by atoms with E-state index in [-0.39, 0.29) is 5.91 Å². The Morgan fingerprint density at radius 2 is 1.96 bits per heavy atom. The maximum absolute atomic E-state index is 13.0. The van der Waals surface area contributed by atoms with Crippen LogP contribution in [0.1, 0.15) is 37.2 Å². The van der Waals surface area contributed by atoms with Crippen LogP contribution in [0.3, 0.4) is 0 Å². The van der Waals surface area contributed by atoms with Crippen LogP contribution in [0.5, 0.6) is 5.75 Å². The number of nitrogens with zero attached hydrogens (tertiary/aromatic N) is 3. The molecule has 1 aromatic heterocycles. The lowest BCUT2D eigenvalue weighted by molar-refractivity contribution is 0.0682. The Morgan fingerprint density at radius 1 is 1.27 bits per heavy atom. The highest BCUT2D eigenvalue weighted by Gasteiger charge is 2.27. The quantitative estimate of drug-likeness (QED) is 0.864. The monoisotopic (exact) mass is 356 g/mol. The second-order valence-electron chi connectivity index (χ2n) is 7.30. The van der Waals surface area contributed by atoms with Crippen molar-refractivity contribution in [3.8, 4) is 11.4 Å². The fraction of sp³-hybridized carbons (Fsp3) is 0.500. The van der Waals surface area contributed by atoms with Crippen LogP contribution < -0.4 is 10.5 Å². The van der Waals surface area contributed by atoms with Crippen molar-refractivity contribution < 1.29 is 9.53 Å². The molecular weight excluding hydrogens is 328 g/mol. The maximum Gasteiger partial charge on any atom is 0.278 e. The lowest BCUT2D eigenvalue weighted by Gasteiger charge is -2.31. The maximum atomic E-state index is 13.0. The molecule has 1 aliphatic rings. The van der Waals surface area contributed by atoms with Crippen molar-refractivity contribution in [2.24, 2.45) is 17.6 Å². The number of piperidine rings is 1. The van der Waals surface area contributed by atoms with Crippen LogP contribution in [0.4, 0.5) is 0 Å². The second-order valence-corrected chi connectivity index (χ2v) is 7.30. The molecule has 2 aromatic rings. The topological polar surface area (TPSA) is 73.4 Å². The van der Waals surface area contributed by atoms with Gasteiger partial charge in [0.1, 0.15) is 0 Å². The molecule has 140 valence electrons. The summed E-state index contributed by atoms with van der Waals surface area (Å²) in [6.07, 6.45) is 3.70. The first-order valence-electron chi connectivity index (χ1n) is 9.35. The molecule has 1 aromatic carbocycles. The molecule has 6 nitrogen and oxygen atoms in total. The fourth-order valence-corrected chi connectivity index (χ4v) is 3.10. The average molecular weight is 356 g/mol. The molecule has 2 N–H and O–H groups in total. The standard InChI is InChI=1S/C20H28N4O2/c1-15(2)14-26-18-13-24(17-6-4-3-5-7-17)22-19(18)20(25)23-10-8-16(12-21)9-11-23/h3-7,13,15-16H,8-12,14,21H2,1-2H3. The molecule has 2 heterocycles. The van der Waals surface area contributed by atoms with Crippen LogP contribution in [0.2, 0.25) is 0 Å². The predicted octanol–water partition coefficient (Wildman–Crippen LogP) is 2.72. The van der Waals surface area contributed by atoms with Gasteiger partial charge in [-0.1, -0.05) is 32.0 Å². The van der Waals surface area contributed by atoms with Crippen molar-refractivity contribution in [3.63, 3.8) is 0 Å². The molecule has 1 amide bonds. The molecule has 1 fully saturated rings. The SMILES string of the molecule is CC(C)COc1cn(-c2ccccc2)nc1C(=O)N1CCC(CN)CC1. The Morgan fingerprint density at radius 3 is 2.58 bits per heavy atom. The second kappa shape index (κ2) is 8.36.